The monoisotopic (exact) mass is 1440 g/mol. The summed E-state index contributed by atoms with van der Waals surface area (Å²) in [6.45, 7) is 11.5. The maximum atomic E-state index is 6.78. The standard InChI is InChI=1S/C94H104N10O4/c1-5-9-13-17-21-25-53-105-73-57-67(58-74(63-73)106-54-26-22-18-14-10-6-2)91-79-35-31-71(99-79)61-69-29-33-77(97-69)89(65-45-49-95-50-46-65)81-37-41-85(101-81)93(87-43-39-83(91)103-87)94-86-42-38-82(102-86)90(66-47-51-96-52-48-66)78-34-30-70(98-78)62-72-32-36-80(100-72)92(84-40-44-88(94)104-84)68-59-75(107-55-27-23-19-15-11-7-3)64-76(60-68)108-56-28-24-20-16-12-8-4/h29-52,57-64,99-102H,5-28,53-56H2,1-4H3. The molecule has 0 atom stereocenters. The van der Waals surface area contributed by atoms with Gasteiger partial charge in [-0.25, -0.2) is 19.9 Å². The molecule has 14 heteroatoms. The molecule has 0 fully saturated rings. The lowest BCUT2D eigenvalue weighted by Gasteiger charge is -2.14. The van der Waals surface area contributed by atoms with Gasteiger partial charge in [0.2, 0.25) is 0 Å². The number of pyridine rings is 2. The van der Waals surface area contributed by atoms with Gasteiger partial charge in [0.1, 0.15) is 23.0 Å². The van der Waals surface area contributed by atoms with Crippen LogP contribution in [0.15, 0.2) is 146 Å². The van der Waals surface area contributed by atoms with Crippen molar-refractivity contribution in [1.82, 2.24) is 49.8 Å². The highest BCUT2D eigenvalue weighted by atomic mass is 16.5. The fourth-order valence-corrected chi connectivity index (χ4v) is 15.1. The number of hydrogen-bond acceptors (Lipinski definition) is 10. The van der Waals surface area contributed by atoms with Gasteiger partial charge in [-0.3, -0.25) is 9.97 Å². The van der Waals surface area contributed by atoms with Gasteiger partial charge in [-0.1, -0.05) is 156 Å². The minimum Gasteiger partial charge on any atom is -0.493 e. The molecule has 0 saturated carbocycles. The SMILES string of the molecule is CCCCCCCCOc1cc(OCCCCCCCC)cc(-c2c3nc(c(-c4c5nc(c(-c6cc(OCCCCCCCC)cc(OCCCCCCCC)c6)c6ccc(cc7nc(c(-c8ccncc8)c8ccc4[nH]8)C=C7)[nH]6)C=C5)c4ccc([nH]4)c(-c4ccncc4)c4nc(cc5ccc2[nH]5)C=C4)C=C3)c1. The lowest BCUT2D eigenvalue weighted by Crippen LogP contribution is -2.01. The van der Waals surface area contributed by atoms with Crippen LogP contribution in [0.5, 0.6) is 23.0 Å². The summed E-state index contributed by atoms with van der Waals surface area (Å²) in [4.78, 5) is 47.4. The van der Waals surface area contributed by atoms with Crippen molar-refractivity contribution in [2.45, 2.75) is 182 Å². The van der Waals surface area contributed by atoms with Gasteiger partial charge in [-0.2, -0.15) is 0 Å². The highest BCUT2D eigenvalue weighted by Gasteiger charge is 2.24. The van der Waals surface area contributed by atoms with Gasteiger partial charge >= 0.3 is 0 Å². The first kappa shape index (κ1) is 74.0. The first-order valence-electron chi connectivity index (χ1n) is 40.3. The predicted octanol–water partition coefficient (Wildman–Crippen LogP) is 25.7. The van der Waals surface area contributed by atoms with E-state index in [1.165, 1.54) is 103 Å². The van der Waals surface area contributed by atoms with Crippen LogP contribution in [-0.4, -0.2) is 76.3 Å². The quantitative estimate of drug-likeness (QED) is 0.0274. The Morgan fingerprint density at radius 2 is 0.509 bits per heavy atom. The molecule has 0 radical (unpaired) electrons. The predicted molar refractivity (Wildman–Crippen MR) is 450 cm³/mol. The van der Waals surface area contributed by atoms with Crippen molar-refractivity contribution in [3.05, 3.63) is 192 Å². The lowest BCUT2D eigenvalue weighted by molar-refractivity contribution is 0.289. The smallest absolute Gasteiger partial charge is 0.123 e. The second-order valence-corrected chi connectivity index (χ2v) is 29.0. The molecule has 14 rings (SSSR count). The van der Waals surface area contributed by atoms with Crippen LogP contribution in [0.25, 0.3) is 148 Å². The average Bonchev–Trinajstić information content (AvgIpc) is 1.59. The van der Waals surface area contributed by atoms with Crippen molar-refractivity contribution in [2.24, 2.45) is 0 Å². The molecule has 0 unspecified atom stereocenters. The molecule has 8 aromatic heterocycles. The fraction of sp³-hybridized carbons (Fsp3) is 0.340. The molecule has 108 heavy (non-hydrogen) atoms. The van der Waals surface area contributed by atoms with E-state index in [1.54, 1.807) is 0 Å². The second-order valence-electron chi connectivity index (χ2n) is 29.0. The average molecular weight is 1440 g/mol. The molecule has 2 aromatic carbocycles. The third-order valence-electron chi connectivity index (χ3n) is 20.7. The van der Waals surface area contributed by atoms with Gasteiger partial charge in [0.05, 0.1) is 72.0 Å². The number of unbranched alkanes of at least 4 members (excludes halogenated alkanes) is 20. The summed E-state index contributed by atoms with van der Waals surface area (Å²) in [7, 11) is 0. The Morgan fingerprint density at radius 3 is 0.852 bits per heavy atom. The van der Waals surface area contributed by atoms with E-state index in [0.717, 1.165) is 220 Å². The van der Waals surface area contributed by atoms with Crippen LogP contribution in [-0.2, 0) is 0 Å². The second kappa shape index (κ2) is 37.1. The van der Waals surface area contributed by atoms with Crippen LogP contribution in [0.1, 0.15) is 227 Å². The lowest BCUT2D eigenvalue weighted by atomic mass is 10.0. The van der Waals surface area contributed by atoms with E-state index >= 15 is 0 Å². The summed E-state index contributed by atoms with van der Waals surface area (Å²) in [6, 6.07) is 42.5. The van der Waals surface area contributed by atoms with Crippen molar-refractivity contribution in [1.29, 1.82) is 0 Å². The molecular formula is C94H104N10O4. The van der Waals surface area contributed by atoms with Gasteiger partial charge in [0.15, 0.2) is 0 Å². The molecule has 4 aliphatic heterocycles. The third-order valence-corrected chi connectivity index (χ3v) is 20.7. The maximum absolute atomic E-state index is 6.78. The van der Waals surface area contributed by atoms with E-state index in [4.69, 9.17) is 38.9 Å². The number of ether oxygens (including phenoxy) is 4. The van der Waals surface area contributed by atoms with Gasteiger partial charge in [0, 0.05) is 114 Å². The molecular weight excluding hydrogens is 1330 g/mol. The van der Waals surface area contributed by atoms with Gasteiger partial charge in [-0.05, 0) is 206 Å². The van der Waals surface area contributed by atoms with Crippen molar-refractivity contribution in [3.63, 3.8) is 0 Å². The van der Waals surface area contributed by atoms with Crippen LogP contribution < -0.4 is 18.9 Å². The van der Waals surface area contributed by atoms with E-state index in [-0.39, 0.29) is 0 Å². The van der Waals surface area contributed by atoms with Gasteiger partial charge < -0.3 is 38.9 Å². The molecule has 14 nitrogen and oxygen atoms in total. The van der Waals surface area contributed by atoms with Gasteiger partial charge in [0.25, 0.3) is 0 Å². The normalized spacial score (nSPS) is 12.2. The van der Waals surface area contributed by atoms with Crippen LogP contribution in [0.4, 0.5) is 0 Å². The summed E-state index contributed by atoms with van der Waals surface area (Å²) in [5, 5.41) is 0. The summed E-state index contributed by atoms with van der Waals surface area (Å²) in [5.41, 5.74) is 22.2. The summed E-state index contributed by atoms with van der Waals surface area (Å²) in [6.07, 6.45) is 52.4. The highest BCUT2D eigenvalue weighted by molar-refractivity contribution is 6.05. The molecule has 4 aliphatic rings. The van der Waals surface area contributed by atoms with Crippen LogP contribution in [0.3, 0.4) is 0 Å². The number of aromatic amines is 4. The molecule has 0 aliphatic carbocycles. The van der Waals surface area contributed by atoms with Crippen LogP contribution in [0.2, 0.25) is 0 Å². The van der Waals surface area contributed by atoms with Crippen molar-refractivity contribution in [2.75, 3.05) is 26.4 Å². The fourth-order valence-electron chi connectivity index (χ4n) is 15.1. The number of rotatable bonds is 37. The molecule has 554 valence electrons. The summed E-state index contributed by atoms with van der Waals surface area (Å²) < 4.78 is 27.1. The van der Waals surface area contributed by atoms with Crippen molar-refractivity contribution >= 4 is 92.7 Å². The first-order chi connectivity index (χ1) is 53.4. The van der Waals surface area contributed by atoms with E-state index in [2.05, 4.69) is 203 Å². The van der Waals surface area contributed by atoms with E-state index in [0.29, 0.717) is 26.4 Å². The van der Waals surface area contributed by atoms with E-state index in [1.807, 2.05) is 49.1 Å². The third kappa shape index (κ3) is 18.6. The molecule has 10 aromatic rings. The molecule has 0 amide bonds. The zero-order valence-electron chi connectivity index (χ0n) is 63.6. The Bertz CT molecular complexity index is 4810. The molecule has 12 heterocycles. The Labute approximate surface area is 636 Å². The minimum absolute atomic E-state index is 0.606. The Kier molecular flexibility index (Phi) is 25.4. The Hall–Kier alpha value is -10.9. The minimum atomic E-state index is 0.606. The number of nitrogens with zero attached hydrogens (tertiary/aromatic N) is 6. The van der Waals surface area contributed by atoms with Crippen molar-refractivity contribution in [3.8, 4) is 78.6 Å². The topological polar surface area (TPSA) is 177 Å². The molecule has 0 saturated heterocycles. The van der Waals surface area contributed by atoms with Crippen molar-refractivity contribution < 1.29 is 18.9 Å². The number of aromatic nitrogens is 10. The number of hydrogen-bond donors (Lipinski definition) is 4. The zero-order chi connectivity index (χ0) is 73.6. The highest BCUT2D eigenvalue weighted by Crippen LogP contribution is 2.44. The summed E-state index contributed by atoms with van der Waals surface area (Å²) >= 11 is 0. The Morgan fingerprint density at radius 1 is 0.241 bits per heavy atom. The molecule has 4 N–H and O–H groups in total. The van der Waals surface area contributed by atoms with Crippen LogP contribution in [0, 0.1) is 0 Å². The van der Waals surface area contributed by atoms with E-state index < -0.39 is 0 Å². The number of nitrogens with one attached hydrogen (secondary N) is 4. The molecule has 16 bridgehead atoms. The summed E-state index contributed by atoms with van der Waals surface area (Å²) in [5.74, 6) is 3.05. The van der Waals surface area contributed by atoms with Gasteiger partial charge in [-0.15, -0.1) is 0 Å². The Balaban J connectivity index is 1.03. The van der Waals surface area contributed by atoms with E-state index in [9.17, 15) is 0 Å². The number of fused-ring (bicyclic) bond motifs is 16. The number of benzene rings is 2. The largest absolute Gasteiger partial charge is 0.493 e. The maximum Gasteiger partial charge on any atom is 0.123 e. The molecule has 0 spiro atoms. The van der Waals surface area contributed by atoms with Crippen LogP contribution >= 0.6 is 0 Å². The number of H-pyrrole nitrogens is 4. The zero-order valence-corrected chi connectivity index (χ0v) is 63.6. The first-order valence-corrected chi connectivity index (χ1v) is 40.3.